The number of aliphatic hydroxyl groups is 1. The third-order valence-electron chi connectivity index (χ3n) is 2.18. The number of hydrogen-bond acceptors (Lipinski definition) is 7. The normalized spacial score (nSPS) is 12.3. The van der Waals surface area contributed by atoms with E-state index in [1.54, 1.807) is 25.3 Å². The minimum absolute atomic E-state index is 0.316. The van der Waals surface area contributed by atoms with Crippen molar-refractivity contribution in [3.8, 4) is 0 Å². The maximum Gasteiger partial charge on any atom is 0.197 e. The van der Waals surface area contributed by atoms with Crippen LogP contribution in [0.1, 0.15) is 18.6 Å². The Balaban J connectivity index is 2.25. The van der Waals surface area contributed by atoms with E-state index in [1.165, 1.54) is 17.8 Å². The predicted molar refractivity (Wildman–Crippen MR) is 69.9 cm³/mol. The summed E-state index contributed by atoms with van der Waals surface area (Å²) in [5.41, 5.74) is 12.0. The Hall–Kier alpha value is -1.86. The minimum atomic E-state index is -0.542. The maximum atomic E-state index is 9.49. The summed E-state index contributed by atoms with van der Waals surface area (Å²) in [4.78, 5) is 12.3. The molecule has 1 atom stereocenters. The number of nitrogens with two attached hydrogens (primary N) is 2. The standard InChI is InChI=1S/C11H13N5OS/c1-6(17)7-2-3-14-10(4-7)18-11-15-8(12)5-9(13)16-11/h2-6,17H,1H3,(H4,12,13,15,16)/t6-/m0/s1. The number of nitrogen functional groups attached to an aromatic ring is 2. The molecule has 2 aromatic heterocycles. The lowest BCUT2D eigenvalue weighted by Crippen LogP contribution is -1.99. The fourth-order valence-electron chi connectivity index (χ4n) is 1.34. The van der Waals surface area contributed by atoms with Crippen molar-refractivity contribution < 1.29 is 5.11 Å². The SMILES string of the molecule is C[C@H](O)c1ccnc(Sc2nc(N)cc(N)n2)c1. The van der Waals surface area contributed by atoms with E-state index >= 15 is 0 Å². The molecule has 18 heavy (non-hydrogen) atoms. The third kappa shape index (κ3) is 3.08. The molecular weight excluding hydrogens is 250 g/mol. The van der Waals surface area contributed by atoms with Gasteiger partial charge in [-0.3, -0.25) is 0 Å². The Bertz CT molecular complexity index is 541. The van der Waals surface area contributed by atoms with Crippen LogP contribution >= 0.6 is 11.8 Å². The van der Waals surface area contributed by atoms with Gasteiger partial charge in [-0.25, -0.2) is 15.0 Å². The first-order chi connectivity index (χ1) is 8.54. The van der Waals surface area contributed by atoms with Gasteiger partial charge in [-0.05, 0) is 36.4 Å². The van der Waals surface area contributed by atoms with E-state index in [0.717, 1.165) is 5.56 Å². The molecule has 6 nitrogen and oxygen atoms in total. The van der Waals surface area contributed by atoms with Crippen molar-refractivity contribution in [1.29, 1.82) is 0 Å². The maximum absolute atomic E-state index is 9.49. The molecule has 0 amide bonds. The molecule has 0 saturated carbocycles. The highest BCUT2D eigenvalue weighted by Crippen LogP contribution is 2.26. The Morgan fingerprint density at radius 3 is 2.50 bits per heavy atom. The molecule has 0 aliphatic heterocycles. The van der Waals surface area contributed by atoms with Crippen molar-refractivity contribution in [2.75, 3.05) is 11.5 Å². The van der Waals surface area contributed by atoms with Gasteiger partial charge in [-0.1, -0.05) is 0 Å². The molecule has 0 fully saturated rings. The van der Waals surface area contributed by atoms with E-state index in [2.05, 4.69) is 15.0 Å². The lowest BCUT2D eigenvalue weighted by molar-refractivity contribution is 0.199. The zero-order valence-corrected chi connectivity index (χ0v) is 10.6. The van der Waals surface area contributed by atoms with Crippen LogP contribution in [0.4, 0.5) is 11.6 Å². The van der Waals surface area contributed by atoms with Crippen molar-refractivity contribution in [1.82, 2.24) is 15.0 Å². The summed E-state index contributed by atoms with van der Waals surface area (Å²) in [5, 5.41) is 10.6. The molecule has 0 saturated heterocycles. The highest BCUT2D eigenvalue weighted by atomic mass is 32.2. The molecule has 94 valence electrons. The summed E-state index contributed by atoms with van der Waals surface area (Å²) in [6.07, 6.45) is 1.08. The zero-order chi connectivity index (χ0) is 13.1. The van der Waals surface area contributed by atoms with Gasteiger partial charge in [0.25, 0.3) is 0 Å². The molecule has 0 radical (unpaired) electrons. The number of pyridine rings is 1. The van der Waals surface area contributed by atoms with Crippen molar-refractivity contribution in [2.45, 2.75) is 23.2 Å². The average molecular weight is 263 g/mol. The lowest BCUT2D eigenvalue weighted by Gasteiger charge is -2.06. The first-order valence-corrected chi connectivity index (χ1v) is 6.08. The number of hydrogen-bond donors (Lipinski definition) is 3. The Morgan fingerprint density at radius 2 is 1.89 bits per heavy atom. The smallest absolute Gasteiger partial charge is 0.197 e. The van der Waals surface area contributed by atoms with Crippen LogP contribution in [0.3, 0.4) is 0 Å². The third-order valence-corrected chi connectivity index (χ3v) is 2.98. The molecule has 0 aliphatic carbocycles. The first-order valence-electron chi connectivity index (χ1n) is 5.26. The van der Waals surface area contributed by atoms with E-state index in [9.17, 15) is 5.11 Å². The van der Waals surface area contributed by atoms with Crippen LogP contribution in [-0.2, 0) is 0 Å². The Morgan fingerprint density at radius 1 is 1.22 bits per heavy atom. The van der Waals surface area contributed by atoms with Crippen LogP contribution in [0.5, 0.6) is 0 Å². The van der Waals surface area contributed by atoms with E-state index in [1.807, 2.05) is 0 Å². The summed E-state index contributed by atoms with van der Waals surface area (Å²) >= 11 is 1.24. The van der Waals surface area contributed by atoms with Gasteiger partial charge in [0.1, 0.15) is 16.7 Å². The molecule has 2 aromatic rings. The fraction of sp³-hybridized carbons (Fsp3) is 0.182. The second-order valence-corrected chi connectivity index (χ2v) is 4.69. The molecule has 0 unspecified atom stereocenters. The largest absolute Gasteiger partial charge is 0.389 e. The number of aromatic nitrogens is 3. The zero-order valence-electron chi connectivity index (χ0n) is 9.74. The highest BCUT2D eigenvalue weighted by Gasteiger charge is 2.07. The van der Waals surface area contributed by atoms with Gasteiger partial charge in [-0.15, -0.1) is 0 Å². The topological polar surface area (TPSA) is 111 Å². The molecule has 0 aliphatic rings. The van der Waals surface area contributed by atoms with Crippen molar-refractivity contribution >= 4 is 23.4 Å². The minimum Gasteiger partial charge on any atom is -0.389 e. The van der Waals surface area contributed by atoms with E-state index in [-0.39, 0.29) is 0 Å². The van der Waals surface area contributed by atoms with Gasteiger partial charge in [0.15, 0.2) is 5.16 Å². The van der Waals surface area contributed by atoms with Gasteiger partial charge < -0.3 is 16.6 Å². The second-order valence-electron chi connectivity index (χ2n) is 3.71. The van der Waals surface area contributed by atoms with Gasteiger partial charge >= 0.3 is 0 Å². The molecular formula is C11H13N5OS. The predicted octanol–water partition coefficient (Wildman–Crippen LogP) is 1.24. The molecule has 7 heteroatoms. The summed E-state index contributed by atoms with van der Waals surface area (Å²) in [6, 6.07) is 5.02. The van der Waals surface area contributed by atoms with Crippen LogP contribution < -0.4 is 11.5 Å². The van der Waals surface area contributed by atoms with E-state index < -0.39 is 6.10 Å². The van der Waals surface area contributed by atoms with Gasteiger partial charge in [0.2, 0.25) is 0 Å². The van der Waals surface area contributed by atoms with Gasteiger partial charge in [-0.2, -0.15) is 0 Å². The number of anilines is 2. The number of aliphatic hydroxyl groups excluding tert-OH is 1. The molecule has 0 bridgehead atoms. The number of rotatable bonds is 3. The summed E-state index contributed by atoms with van der Waals surface area (Å²) in [7, 11) is 0. The second kappa shape index (κ2) is 5.19. The molecule has 2 heterocycles. The lowest BCUT2D eigenvalue weighted by atomic mass is 10.2. The van der Waals surface area contributed by atoms with Crippen molar-refractivity contribution in [3.63, 3.8) is 0 Å². The summed E-state index contributed by atoms with van der Waals surface area (Å²) < 4.78 is 0. The average Bonchev–Trinajstić information content (AvgIpc) is 2.27. The molecule has 2 rings (SSSR count). The highest BCUT2D eigenvalue weighted by molar-refractivity contribution is 7.99. The monoisotopic (exact) mass is 263 g/mol. The van der Waals surface area contributed by atoms with E-state index in [4.69, 9.17) is 11.5 Å². The quantitative estimate of drug-likeness (QED) is 0.714. The van der Waals surface area contributed by atoms with Crippen LogP contribution in [0.2, 0.25) is 0 Å². The van der Waals surface area contributed by atoms with E-state index in [0.29, 0.717) is 21.8 Å². The van der Waals surface area contributed by atoms with Crippen molar-refractivity contribution in [2.24, 2.45) is 0 Å². The molecule has 0 aromatic carbocycles. The first kappa shape index (κ1) is 12.6. The van der Waals surface area contributed by atoms with Crippen LogP contribution in [0.25, 0.3) is 0 Å². The van der Waals surface area contributed by atoms with Crippen LogP contribution in [0, 0.1) is 0 Å². The van der Waals surface area contributed by atoms with Crippen molar-refractivity contribution in [3.05, 3.63) is 30.0 Å². The summed E-state index contributed by atoms with van der Waals surface area (Å²) in [5.74, 6) is 0.633. The Labute approximate surface area is 108 Å². The van der Waals surface area contributed by atoms with Gasteiger partial charge in [0.05, 0.1) is 6.10 Å². The van der Waals surface area contributed by atoms with Crippen LogP contribution in [-0.4, -0.2) is 20.1 Å². The molecule has 0 spiro atoms. The summed E-state index contributed by atoms with van der Waals surface area (Å²) in [6.45, 7) is 1.69. The van der Waals surface area contributed by atoms with Gasteiger partial charge in [0, 0.05) is 12.3 Å². The fourth-order valence-corrected chi connectivity index (χ4v) is 2.14. The molecule has 5 N–H and O–H groups in total. The van der Waals surface area contributed by atoms with Crippen LogP contribution in [0.15, 0.2) is 34.6 Å². The Kier molecular flexibility index (Phi) is 3.63. The number of nitrogens with zero attached hydrogens (tertiary/aromatic N) is 3.